The summed E-state index contributed by atoms with van der Waals surface area (Å²) in [5.74, 6) is -1.29. The first-order valence-electron chi connectivity index (χ1n) is 6.10. The van der Waals surface area contributed by atoms with Crippen LogP contribution in [0.1, 0.15) is 11.8 Å². The van der Waals surface area contributed by atoms with Crippen LogP contribution >= 0.6 is 0 Å². The first-order chi connectivity index (χ1) is 9.68. The first-order valence-corrected chi connectivity index (χ1v) is 6.10. The van der Waals surface area contributed by atoms with Crippen molar-refractivity contribution in [3.63, 3.8) is 0 Å². The molecule has 0 radical (unpaired) electrons. The maximum absolute atomic E-state index is 11.2. The third-order valence-electron chi connectivity index (χ3n) is 3.20. The molecule has 0 aliphatic rings. The van der Waals surface area contributed by atoms with E-state index in [1.807, 2.05) is 36.4 Å². The van der Waals surface area contributed by atoms with Crippen LogP contribution in [0.4, 0.5) is 0 Å². The summed E-state index contributed by atoms with van der Waals surface area (Å²) in [4.78, 5) is 15.2. The summed E-state index contributed by atoms with van der Waals surface area (Å²) in [7, 11) is 0. The Bertz CT molecular complexity index is 765. The van der Waals surface area contributed by atoms with Crippen LogP contribution in [0.5, 0.6) is 0 Å². The van der Waals surface area contributed by atoms with Crippen molar-refractivity contribution >= 4 is 11.5 Å². The van der Waals surface area contributed by atoms with Crippen LogP contribution in [0.15, 0.2) is 55.0 Å². The minimum atomic E-state index is -1.61. The normalized spacial score (nSPS) is 12.4. The van der Waals surface area contributed by atoms with Crippen LogP contribution in [0.3, 0.4) is 0 Å². The molecule has 0 spiro atoms. The summed E-state index contributed by atoms with van der Waals surface area (Å²) < 4.78 is 1.60. The lowest BCUT2D eigenvalue weighted by Gasteiger charge is -2.15. The number of carboxylic acid groups (broad SMARTS) is 1. The Kier molecular flexibility index (Phi) is 2.96. The number of hydrogen-bond acceptors (Lipinski definition) is 3. The average Bonchev–Trinajstić information content (AvgIpc) is 2.94. The minimum absolute atomic E-state index is 0.304. The van der Waals surface area contributed by atoms with E-state index in [4.69, 9.17) is 5.11 Å². The van der Waals surface area contributed by atoms with Gasteiger partial charge in [0.05, 0.1) is 23.7 Å². The molecule has 1 atom stereocenters. The van der Waals surface area contributed by atoms with Crippen molar-refractivity contribution in [2.75, 3.05) is 0 Å². The lowest BCUT2D eigenvalue weighted by atomic mass is 10.0. The van der Waals surface area contributed by atoms with Gasteiger partial charge in [0.1, 0.15) is 0 Å². The van der Waals surface area contributed by atoms with E-state index < -0.39 is 12.1 Å². The molecule has 5 nitrogen and oxygen atoms in total. The fraction of sp³-hybridized carbons (Fsp3) is 0.0667. The van der Waals surface area contributed by atoms with Crippen molar-refractivity contribution in [3.05, 3.63) is 60.7 Å². The molecule has 100 valence electrons. The van der Waals surface area contributed by atoms with E-state index in [-0.39, 0.29) is 0 Å². The van der Waals surface area contributed by atoms with Gasteiger partial charge in [-0.2, -0.15) is 0 Å². The number of benzene rings is 1. The van der Waals surface area contributed by atoms with Crippen LogP contribution in [0.2, 0.25) is 0 Å². The minimum Gasteiger partial charge on any atom is -0.479 e. The van der Waals surface area contributed by atoms with Gasteiger partial charge in [-0.15, -0.1) is 0 Å². The van der Waals surface area contributed by atoms with Crippen LogP contribution < -0.4 is 0 Å². The number of hydrogen-bond donors (Lipinski definition) is 2. The van der Waals surface area contributed by atoms with E-state index in [1.54, 1.807) is 16.7 Å². The molecule has 0 fully saturated rings. The fourth-order valence-corrected chi connectivity index (χ4v) is 2.27. The number of nitrogens with zero attached hydrogens (tertiary/aromatic N) is 2. The number of fused-ring (bicyclic) bond motifs is 1. The number of aliphatic hydroxyl groups excluding tert-OH is 1. The Labute approximate surface area is 114 Å². The Morgan fingerprint density at radius 2 is 1.90 bits per heavy atom. The number of aromatic nitrogens is 2. The number of rotatable bonds is 3. The summed E-state index contributed by atoms with van der Waals surface area (Å²) in [6, 6.07) is 13.0. The second kappa shape index (κ2) is 4.79. The fourth-order valence-electron chi connectivity index (χ4n) is 2.27. The largest absolute Gasteiger partial charge is 0.479 e. The van der Waals surface area contributed by atoms with E-state index in [0.29, 0.717) is 11.3 Å². The van der Waals surface area contributed by atoms with Crippen molar-refractivity contribution in [2.24, 2.45) is 0 Å². The monoisotopic (exact) mass is 268 g/mol. The lowest BCUT2D eigenvalue weighted by molar-refractivity contribution is -0.147. The highest BCUT2D eigenvalue weighted by atomic mass is 16.4. The number of aliphatic carboxylic acids is 1. The molecule has 1 unspecified atom stereocenters. The molecule has 20 heavy (non-hydrogen) atoms. The Morgan fingerprint density at radius 3 is 2.60 bits per heavy atom. The second-order valence-corrected chi connectivity index (χ2v) is 4.43. The van der Waals surface area contributed by atoms with Gasteiger partial charge >= 0.3 is 5.97 Å². The number of carbonyl (C=O) groups is 1. The highest BCUT2D eigenvalue weighted by Crippen LogP contribution is 2.29. The van der Waals surface area contributed by atoms with E-state index in [1.165, 1.54) is 6.33 Å². The van der Waals surface area contributed by atoms with E-state index >= 15 is 0 Å². The van der Waals surface area contributed by atoms with E-state index in [2.05, 4.69) is 4.98 Å². The van der Waals surface area contributed by atoms with Gasteiger partial charge in [-0.05, 0) is 11.6 Å². The Morgan fingerprint density at radius 1 is 1.15 bits per heavy atom. The third kappa shape index (κ3) is 1.94. The summed E-state index contributed by atoms with van der Waals surface area (Å²) in [6.45, 7) is 0. The predicted molar refractivity (Wildman–Crippen MR) is 73.2 cm³/mol. The summed E-state index contributed by atoms with van der Waals surface area (Å²) in [5, 5.41) is 19.1. The molecule has 0 aliphatic heterocycles. The van der Waals surface area contributed by atoms with Gasteiger partial charge in [0.2, 0.25) is 0 Å². The van der Waals surface area contributed by atoms with Crippen molar-refractivity contribution in [1.29, 1.82) is 0 Å². The molecular weight excluding hydrogens is 256 g/mol. The van der Waals surface area contributed by atoms with Crippen LogP contribution in [0.25, 0.3) is 16.6 Å². The average molecular weight is 268 g/mol. The molecular formula is C15H12N2O3. The highest BCUT2D eigenvalue weighted by Gasteiger charge is 2.23. The molecule has 1 aromatic carbocycles. The van der Waals surface area contributed by atoms with Crippen LogP contribution in [-0.2, 0) is 4.79 Å². The zero-order chi connectivity index (χ0) is 14.1. The molecule has 3 rings (SSSR count). The topological polar surface area (TPSA) is 74.8 Å². The number of imidazole rings is 1. The van der Waals surface area contributed by atoms with Gasteiger partial charge < -0.3 is 10.2 Å². The van der Waals surface area contributed by atoms with Crippen LogP contribution in [-0.4, -0.2) is 25.6 Å². The summed E-state index contributed by atoms with van der Waals surface area (Å²) in [6.07, 6.45) is 1.51. The van der Waals surface area contributed by atoms with Crippen molar-refractivity contribution < 1.29 is 15.0 Å². The van der Waals surface area contributed by atoms with E-state index in [0.717, 1.165) is 11.1 Å². The molecule has 0 bridgehead atoms. The zero-order valence-corrected chi connectivity index (χ0v) is 10.5. The molecule has 5 heteroatoms. The molecule has 0 saturated heterocycles. The quantitative estimate of drug-likeness (QED) is 0.763. The van der Waals surface area contributed by atoms with Gasteiger partial charge in [0.25, 0.3) is 0 Å². The van der Waals surface area contributed by atoms with Gasteiger partial charge in [-0.1, -0.05) is 36.4 Å². The number of aliphatic hydroxyl groups is 1. The SMILES string of the molecule is O=C(O)C(O)c1c(-c2ccccc2)ccc2cncn12. The molecule has 0 aliphatic carbocycles. The maximum atomic E-state index is 11.2. The molecule has 2 heterocycles. The molecule has 0 amide bonds. The summed E-state index contributed by atoms with van der Waals surface area (Å²) >= 11 is 0. The van der Waals surface area contributed by atoms with Gasteiger partial charge in [0, 0.05) is 5.56 Å². The smallest absolute Gasteiger partial charge is 0.338 e. The predicted octanol–water partition coefficient (Wildman–Crippen LogP) is 2.12. The van der Waals surface area contributed by atoms with Gasteiger partial charge in [-0.3, -0.25) is 4.40 Å². The van der Waals surface area contributed by atoms with Gasteiger partial charge in [-0.25, -0.2) is 9.78 Å². The third-order valence-corrected chi connectivity index (χ3v) is 3.20. The molecule has 3 aromatic rings. The molecule has 2 N–H and O–H groups in total. The standard InChI is InChI=1S/C15H12N2O3/c18-14(15(19)20)13-12(10-4-2-1-3-5-10)7-6-11-8-16-9-17(11)13/h1-9,14,18H,(H,19,20). The Balaban J connectivity index is 2.31. The lowest BCUT2D eigenvalue weighted by Crippen LogP contribution is -2.15. The van der Waals surface area contributed by atoms with Crippen molar-refractivity contribution in [1.82, 2.24) is 9.38 Å². The second-order valence-electron chi connectivity index (χ2n) is 4.43. The highest BCUT2D eigenvalue weighted by molar-refractivity contribution is 5.79. The molecule has 2 aromatic heterocycles. The van der Waals surface area contributed by atoms with E-state index in [9.17, 15) is 9.90 Å². The van der Waals surface area contributed by atoms with Crippen LogP contribution in [0, 0.1) is 0 Å². The van der Waals surface area contributed by atoms with Crippen molar-refractivity contribution in [3.8, 4) is 11.1 Å². The Hall–Kier alpha value is -2.66. The number of carboxylic acids is 1. The summed E-state index contributed by atoms with van der Waals surface area (Å²) in [5.41, 5.74) is 2.56. The van der Waals surface area contributed by atoms with Crippen molar-refractivity contribution in [2.45, 2.75) is 6.10 Å². The number of pyridine rings is 1. The molecule has 0 saturated carbocycles. The zero-order valence-electron chi connectivity index (χ0n) is 10.5. The first kappa shape index (κ1) is 12.4. The maximum Gasteiger partial charge on any atom is 0.338 e. The van der Waals surface area contributed by atoms with Gasteiger partial charge in [0.15, 0.2) is 6.10 Å².